The number of hydrogen-bond donors (Lipinski definition) is 1. The third-order valence-corrected chi connectivity index (χ3v) is 4.69. The average Bonchev–Trinajstić information content (AvgIpc) is 3.20. The van der Waals surface area contributed by atoms with Gasteiger partial charge in [0.2, 0.25) is 0 Å². The Morgan fingerprint density at radius 3 is 2.62 bits per heavy atom. The fourth-order valence-electron chi connectivity index (χ4n) is 3.21. The molecule has 3 rings (SSSR count). The average molecular weight is 388 g/mol. The van der Waals surface area contributed by atoms with Crippen LogP contribution in [0.3, 0.4) is 0 Å². The van der Waals surface area contributed by atoms with Crippen molar-refractivity contribution in [3.63, 3.8) is 0 Å². The number of aliphatic hydroxyl groups is 1. The zero-order chi connectivity index (χ0) is 19.1. The van der Waals surface area contributed by atoms with Gasteiger partial charge in [0.15, 0.2) is 6.10 Å². The van der Waals surface area contributed by atoms with Crippen LogP contribution < -0.4 is 0 Å². The van der Waals surface area contributed by atoms with E-state index in [1.165, 1.54) is 10.9 Å². The molecule has 0 saturated carbocycles. The maximum absolute atomic E-state index is 12.9. The summed E-state index contributed by atoms with van der Waals surface area (Å²) in [6.07, 6.45) is -5.36. The highest BCUT2D eigenvalue weighted by atomic mass is 35.5. The predicted octanol–water partition coefficient (Wildman–Crippen LogP) is 3.27. The van der Waals surface area contributed by atoms with Crippen molar-refractivity contribution < 1.29 is 23.1 Å². The number of aromatic nitrogens is 2. The maximum Gasteiger partial charge on any atom is 0.416 e. The third kappa shape index (κ3) is 3.57. The first kappa shape index (κ1) is 18.7. The van der Waals surface area contributed by atoms with Crippen LogP contribution in [0.5, 0.6) is 0 Å². The van der Waals surface area contributed by atoms with E-state index in [0.29, 0.717) is 22.7 Å². The van der Waals surface area contributed by atoms with E-state index in [2.05, 4.69) is 5.10 Å². The lowest BCUT2D eigenvalue weighted by molar-refractivity contribution is -0.216. The second-order valence-corrected chi connectivity index (χ2v) is 6.70. The topological polar surface area (TPSA) is 58.4 Å². The largest absolute Gasteiger partial charge is 0.416 e. The number of hydrogen-bond acceptors (Lipinski definition) is 3. The van der Waals surface area contributed by atoms with Gasteiger partial charge in [-0.2, -0.15) is 18.3 Å². The summed E-state index contributed by atoms with van der Waals surface area (Å²) < 4.78 is 40.2. The number of nitrogens with zero attached hydrogens (tertiary/aromatic N) is 3. The molecule has 1 amide bonds. The molecule has 1 fully saturated rings. The van der Waals surface area contributed by atoms with E-state index in [4.69, 9.17) is 11.6 Å². The van der Waals surface area contributed by atoms with Crippen LogP contribution in [0, 0.1) is 0 Å². The second-order valence-electron chi connectivity index (χ2n) is 6.27. The molecule has 0 radical (unpaired) electrons. The number of alkyl halides is 3. The minimum atomic E-state index is -4.78. The van der Waals surface area contributed by atoms with Crippen LogP contribution in [0.1, 0.15) is 23.2 Å². The fraction of sp³-hybridized carbons (Fsp3) is 0.412. The van der Waals surface area contributed by atoms with Gasteiger partial charge in [0.1, 0.15) is 5.69 Å². The Labute approximate surface area is 153 Å². The van der Waals surface area contributed by atoms with Crippen molar-refractivity contribution in [3.8, 4) is 11.3 Å². The van der Waals surface area contributed by atoms with Crippen LogP contribution in [0.2, 0.25) is 5.02 Å². The highest BCUT2D eigenvalue weighted by molar-refractivity contribution is 6.30. The number of aliphatic hydroxyl groups excluding tert-OH is 1. The molecular weight excluding hydrogens is 371 g/mol. The molecule has 1 aromatic heterocycles. The van der Waals surface area contributed by atoms with Gasteiger partial charge in [-0.1, -0.05) is 23.7 Å². The monoisotopic (exact) mass is 387 g/mol. The molecule has 1 aliphatic heterocycles. The number of halogens is 4. The van der Waals surface area contributed by atoms with Gasteiger partial charge in [-0.3, -0.25) is 9.48 Å². The maximum atomic E-state index is 12.9. The first-order valence-corrected chi connectivity index (χ1v) is 8.41. The van der Waals surface area contributed by atoms with Crippen molar-refractivity contribution in [2.75, 3.05) is 6.54 Å². The van der Waals surface area contributed by atoms with E-state index in [1.54, 1.807) is 31.3 Å². The van der Waals surface area contributed by atoms with E-state index < -0.39 is 24.2 Å². The minimum absolute atomic E-state index is 0.100. The summed E-state index contributed by atoms with van der Waals surface area (Å²) in [5.74, 6) is -0.575. The lowest BCUT2D eigenvalue weighted by Gasteiger charge is -2.29. The van der Waals surface area contributed by atoms with Crippen molar-refractivity contribution in [3.05, 3.63) is 41.0 Å². The Morgan fingerprint density at radius 1 is 1.35 bits per heavy atom. The molecule has 0 spiro atoms. The zero-order valence-corrected chi connectivity index (χ0v) is 14.6. The van der Waals surface area contributed by atoms with Crippen LogP contribution in [0.4, 0.5) is 13.2 Å². The Morgan fingerprint density at radius 2 is 2.00 bits per heavy atom. The molecule has 1 N–H and O–H groups in total. The molecule has 1 saturated heterocycles. The Balaban J connectivity index is 1.94. The quantitative estimate of drug-likeness (QED) is 0.879. The van der Waals surface area contributed by atoms with Crippen LogP contribution in [-0.4, -0.2) is 50.6 Å². The number of likely N-dealkylation sites (tertiary alicyclic amines) is 1. The molecule has 140 valence electrons. The normalized spacial score (nSPS) is 19.0. The zero-order valence-electron chi connectivity index (χ0n) is 13.9. The molecular formula is C17H17ClF3N3O2. The lowest BCUT2D eigenvalue weighted by atomic mass is 10.1. The first-order chi connectivity index (χ1) is 12.2. The van der Waals surface area contributed by atoms with Crippen molar-refractivity contribution in [1.29, 1.82) is 0 Å². The summed E-state index contributed by atoms with van der Waals surface area (Å²) in [5, 5.41) is 14.4. The van der Waals surface area contributed by atoms with Crippen molar-refractivity contribution in [1.82, 2.24) is 14.7 Å². The molecule has 1 aliphatic rings. The van der Waals surface area contributed by atoms with Crippen LogP contribution in [0.15, 0.2) is 30.5 Å². The standard InChI is InChI=1S/C17H17ClF3N3O2/c1-23-9-12(14(22-23)10-4-6-11(18)7-5-10)16(26)24-8-2-3-13(24)15(25)17(19,20)21/h4-7,9,13,15,25H,2-3,8H2,1H3. The third-order valence-electron chi connectivity index (χ3n) is 4.44. The fourth-order valence-corrected chi connectivity index (χ4v) is 3.34. The molecule has 26 heavy (non-hydrogen) atoms. The number of aryl methyl sites for hydroxylation is 1. The molecule has 5 nitrogen and oxygen atoms in total. The van der Waals surface area contributed by atoms with Gasteiger partial charge < -0.3 is 10.0 Å². The van der Waals surface area contributed by atoms with E-state index >= 15 is 0 Å². The van der Waals surface area contributed by atoms with Crippen LogP contribution >= 0.6 is 11.6 Å². The summed E-state index contributed by atoms with van der Waals surface area (Å²) in [5.41, 5.74) is 1.18. The van der Waals surface area contributed by atoms with Crippen molar-refractivity contribution >= 4 is 17.5 Å². The number of carbonyl (C=O) groups excluding carboxylic acids is 1. The number of rotatable bonds is 3. The summed E-state index contributed by atoms with van der Waals surface area (Å²) in [4.78, 5) is 14.0. The molecule has 9 heteroatoms. The SMILES string of the molecule is Cn1cc(C(=O)N2CCCC2C(O)C(F)(F)F)c(-c2ccc(Cl)cc2)n1. The van der Waals surface area contributed by atoms with Crippen LogP contribution in [-0.2, 0) is 7.05 Å². The predicted molar refractivity (Wildman–Crippen MR) is 89.8 cm³/mol. The smallest absolute Gasteiger partial charge is 0.382 e. The molecule has 1 aromatic carbocycles. The van der Waals surface area contributed by atoms with Gasteiger partial charge >= 0.3 is 6.18 Å². The Hall–Kier alpha value is -2.06. The summed E-state index contributed by atoms with van der Waals surface area (Å²) in [6, 6.07) is 5.37. The van der Waals surface area contributed by atoms with Crippen LogP contribution in [0.25, 0.3) is 11.3 Å². The Kier molecular flexibility index (Phi) is 4.98. The number of amides is 1. The molecule has 2 unspecified atom stereocenters. The summed E-state index contributed by atoms with van der Waals surface area (Å²) >= 11 is 5.87. The number of benzene rings is 1. The Bertz CT molecular complexity index is 805. The van der Waals surface area contributed by atoms with E-state index in [0.717, 1.165) is 4.90 Å². The van der Waals surface area contributed by atoms with Gasteiger partial charge in [-0.25, -0.2) is 0 Å². The lowest BCUT2D eigenvalue weighted by Crippen LogP contribution is -2.49. The minimum Gasteiger partial charge on any atom is -0.382 e. The molecule has 2 aromatic rings. The van der Waals surface area contributed by atoms with Gasteiger partial charge in [0, 0.05) is 30.4 Å². The van der Waals surface area contributed by atoms with Gasteiger partial charge in [-0.15, -0.1) is 0 Å². The summed E-state index contributed by atoms with van der Waals surface area (Å²) in [6.45, 7) is 0.158. The van der Waals surface area contributed by atoms with Gasteiger partial charge in [0.05, 0.1) is 11.6 Å². The first-order valence-electron chi connectivity index (χ1n) is 8.04. The number of carbonyl (C=O) groups is 1. The molecule has 2 atom stereocenters. The highest BCUT2D eigenvalue weighted by Gasteiger charge is 2.48. The van der Waals surface area contributed by atoms with Gasteiger partial charge in [0.25, 0.3) is 5.91 Å². The molecule has 2 heterocycles. The van der Waals surface area contributed by atoms with Crippen molar-refractivity contribution in [2.24, 2.45) is 7.05 Å². The second kappa shape index (κ2) is 6.92. The summed E-state index contributed by atoms with van der Waals surface area (Å²) in [7, 11) is 1.63. The van der Waals surface area contributed by atoms with E-state index in [9.17, 15) is 23.1 Å². The van der Waals surface area contributed by atoms with Gasteiger partial charge in [-0.05, 0) is 25.0 Å². The molecule has 0 bridgehead atoms. The van der Waals surface area contributed by atoms with Crippen molar-refractivity contribution in [2.45, 2.75) is 31.2 Å². The molecule has 0 aliphatic carbocycles. The van der Waals surface area contributed by atoms with E-state index in [1.807, 2.05) is 0 Å². The van der Waals surface area contributed by atoms with E-state index in [-0.39, 0.29) is 18.5 Å². The highest BCUT2D eigenvalue weighted by Crippen LogP contribution is 2.33.